The summed E-state index contributed by atoms with van der Waals surface area (Å²) in [7, 11) is -3.49. The maximum atomic E-state index is 13.1. The number of carbonyl (C=O) groups is 1. The van der Waals surface area contributed by atoms with E-state index in [2.05, 4.69) is 10.3 Å². The Morgan fingerprint density at radius 3 is 2.36 bits per heavy atom. The normalized spacial score (nSPS) is 22.0. The minimum atomic E-state index is -3.49. The zero-order valence-electron chi connectivity index (χ0n) is 18.3. The highest BCUT2D eigenvalue weighted by atomic mass is 35.5. The average molecular weight is 487 g/mol. The number of aromatic amines is 1. The Morgan fingerprint density at radius 1 is 1.00 bits per heavy atom. The van der Waals surface area contributed by atoms with E-state index in [1.54, 1.807) is 18.2 Å². The molecular formula is C25H27ClN2O4S. The monoisotopic (exact) mass is 486 g/mol. The minimum absolute atomic E-state index is 0.00999. The molecule has 2 heterocycles. The van der Waals surface area contributed by atoms with E-state index in [1.807, 2.05) is 18.2 Å². The third kappa shape index (κ3) is 4.53. The summed E-state index contributed by atoms with van der Waals surface area (Å²) in [6, 6.07) is 8.55. The molecule has 8 heteroatoms. The van der Waals surface area contributed by atoms with Gasteiger partial charge in [-0.1, -0.05) is 42.7 Å². The molecule has 1 atom stereocenters. The van der Waals surface area contributed by atoms with E-state index in [0.717, 1.165) is 31.2 Å². The van der Waals surface area contributed by atoms with Crippen LogP contribution in [-0.4, -0.2) is 30.6 Å². The van der Waals surface area contributed by atoms with Crippen LogP contribution in [0.25, 0.3) is 5.57 Å². The summed E-state index contributed by atoms with van der Waals surface area (Å²) in [6.07, 6.45) is 8.28. The van der Waals surface area contributed by atoms with E-state index in [0.29, 0.717) is 48.4 Å². The molecule has 3 aliphatic rings. The Balaban J connectivity index is 1.55. The molecule has 0 bridgehead atoms. The van der Waals surface area contributed by atoms with Crippen LogP contribution in [0.1, 0.15) is 74.1 Å². The molecule has 1 aliphatic heterocycles. The van der Waals surface area contributed by atoms with E-state index < -0.39 is 9.84 Å². The van der Waals surface area contributed by atoms with Crippen LogP contribution in [0.5, 0.6) is 0 Å². The van der Waals surface area contributed by atoms with E-state index in [9.17, 15) is 18.0 Å². The van der Waals surface area contributed by atoms with Gasteiger partial charge < -0.3 is 10.3 Å². The first-order valence-corrected chi connectivity index (χ1v) is 13.5. The molecule has 2 N–H and O–H groups in total. The van der Waals surface area contributed by atoms with Gasteiger partial charge in [-0.05, 0) is 61.8 Å². The van der Waals surface area contributed by atoms with Gasteiger partial charge in [0.1, 0.15) is 0 Å². The molecule has 6 nitrogen and oxygen atoms in total. The summed E-state index contributed by atoms with van der Waals surface area (Å²) >= 11 is 6.52. The summed E-state index contributed by atoms with van der Waals surface area (Å²) in [5.41, 5.74) is 2.72. The fraction of sp³-hybridized carbons (Fsp3) is 0.440. The second-order valence-electron chi connectivity index (χ2n) is 9.32. The Labute approximate surface area is 198 Å². The van der Waals surface area contributed by atoms with Gasteiger partial charge in [0.15, 0.2) is 9.84 Å². The number of benzene rings is 1. The number of hydrogen-bond donors (Lipinski definition) is 2. The number of sulfone groups is 1. The number of rotatable bonds is 6. The standard InChI is InChI=1S/C25H27ClN2O4S/c26-21-13-16(7-11-23(21)33(31,32)18-3-1-2-4-18)20(14-17-8-12-24(29)27-17)22-10-9-19(15-5-6-15)25(30)28-22/h7,9-11,13-15,17-18H,1-6,8,12H2,(H,27,29)(H,28,30)/t17-/m1/s1. The molecule has 3 fully saturated rings. The lowest BCUT2D eigenvalue weighted by Crippen LogP contribution is -2.24. The maximum absolute atomic E-state index is 13.1. The predicted octanol–water partition coefficient (Wildman–Crippen LogP) is 4.33. The van der Waals surface area contributed by atoms with Crippen LogP contribution in [0.2, 0.25) is 5.02 Å². The SMILES string of the molecule is O=C1CC[C@H](C=C(c2ccc(S(=O)(=O)C3CCCC3)c(Cl)c2)c2ccc(C3CC3)c(=O)[nH]2)N1. The summed E-state index contributed by atoms with van der Waals surface area (Å²) < 4.78 is 26.2. The number of aromatic nitrogens is 1. The third-order valence-electron chi connectivity index (χ3n) is 6.93. The fourth-order valence-electron chi connectivity index (χ4n) is 4.94. The highest BCUT2D eigenvalue weighted by molar-refractivity contribution is 7.92. The lowest BCUT2D eigenvalue weighted by atomic mass is 9.98. The van der Waals surface area contributed by atoms with E-state index >= 15 is 0 Å². The van der Waals surface area contributed by atoms with Crippen LogP contribution < -0.4 is 10.9 Å². The van der Waals surface area contributed by atoms with Gasteiger partial charge in [-0.25, -0.2) is 8.42 Å². The quantitative estimate of drug-likeness (QED) is 0.635. The molecule has 33 heavy (non-hydrogen) atoms. The van der Waals surface area contributed by atoms with Gasteiger partial charge in [0.2, 0.25) is 5.91 Å². The molecular weight excluding hydrogens is 460 g/mol. The molecule has 0 radical (unpaired) electrons. The molecule has 2 saturated carbocycles. The molecule has 0 unspecified atom stereocenters. The lowest BCUT2D eigenvalue weighted by molar-refractivity contribution is -0.119. The number of nitrogens with one attached hydrogen (secondary N) is 2. The first-order chi connectivity index (χ1) is 15.8. The zero-order chi connectivity index (χ0) is 23.2. The van der Waals surface area contributed by atoms with E-state index in [1.165, 1.54) is 0 Å². The van der Waals surface area contributed by atoms with Gasteiger partial charge in [0.25, 0.3) is 5.56 Å². The largest absolute Gasteiger partial charge is 0.350 e. The van der Waals surface area contributed by atoms with Crippen molar-refractivity contribution in [3.05, 3.63) is 68.6 Å². The van der Waals surface area contributed by atoms with Crippen molar-refractivity contribution in [3.8, 4) is 0 Å². The van der Waals surface area contributed by atoms with E-state index in [4.69, 9.17) is 11.6 Å². The van der Waals surface area contributed by atoms with Gasteiger partial charge >= 0.3 is 0 Å². The first-order valence-electron chi connectivity index (χ1n) is 11.6. The smallest absolute Gasteiger partial charge is 0.251 e. The number of H-pyrrole nitrogens is 1. The molecule has 0 spiro atoms. The number of hydrogen-bond acceptors (Lipinski definition) is 4. The maximum Gasteiger partial charge on any atom is 0.251 e. The molecule has 174 valence electrons. The molecule has 1 aromatic carbocycles. The summed E-state index contributed by atoms with van der Waals surface area (Å²) in [4.78, 5) is 27.6. The van der Waals surface area contributed by atoms with Crippen LogP contribution in [-0.2, 0) is 14.6 Å². The number of amides is 1. The van der Waals surface area contributed by atoms with Crippen molar-refractivity contribution in [2.75, 3.05) is 0 Å². The summed E-state index contributed by atoms with van der Waals surface area (Å²) in [5.74, 6) is 0.322. The van der Waals surface area contributed by atoms with Crippen molar-refractivity contribution in [2.45, 2.75) is 73.5 Å². The second kappa shape index (κ2) is 8.76. The Hall–Kier alpha value is -2.38. The van der Waals surface area contributed by atoms with Gasteiger partial charge in [0.05, 0.1) is 15.2 Å². The highest BCUT2D eigenvalue weighted by Crippen LogP contribution is 2.39. The van der Waals surface area contributed by atoms with Crippen LogP contribution in [0.3, 0.4) is 0 Å². The van der Waals surface area contributed by atoms with Crippen molar-refractivity contribution >= 4 is 32.9 Å². The fourth-order valence-corrected chi connectivity index (χ4v) is 7.35. The topological polar surface area (TPSA) is 96.1 Å². The van der Waals surface area contributed by atoms with Gasteiger partial charge in [-0.15, -0.1) is 0 Å². The van der Waals surface area contributed by atoms with Crippen molar-refractivity contribution < 1.29 is 13.2 Å². The second-order valence-corrected chi connectivity index (χ2v) is 11.9. The Bertz CT molecular complexity index is 1290. The first kappa shape index (κ1) is 22.4. The highest BCUT2D eigenvalue weighted by Gasteiger charge is 2.32. The van der Waals surface area contributed by atoms with Crippen LogP contribution in [0, 0.1) is 0 Å². The van der Waals surface area contributed by atoms with Gasteiger partial charge in [-0.2, -0.15) is 0 Å². The molecule has 5 rings (SSSR count). The molecule has 1 aromatic heterocycles. The van der Waals surface area contributed by atoms with Crippen LogP contribution in [0.15, 0.2) is 46.1 Å². The molecule has 1 amide bonds. The van der Waals surface area contributed by atoms with Crippen LogP contribution >= 0.6 is 11.6 Å². The Kier molecular flexibility index (Phi) is 5.95. The number of pyridine rings is 1. The molecule has 2 aliphatic carbocycles. The third-order valence-corrected chi connectivity index (χ3v) is 9.68. The molecule has 2 aromatic rings. The average Bonchev–Trinajstić information content (AvgIpc) is 3.28. The van der Waals surface area contributed by atoms with E-state index in [-0.39, 0.29) is 32.7 Å². The summed E-state index contributed by atoms with van der Waals surface area (Å²) in [6.45, 7) is 0. The zero-order valence-corrected chi connectivity index (χ0v) is 19.8. The molecule has 1 saturated heterocycles. The summed E-state index contributed by atoms with van der Waals surface area (Å²) in [5, 5.41) is 2.73. The van der Waals surface area contributed by atoms with Crippen molar-refractivity contribution in [3.63, 3.8) is 0 Å². The van der Waals surface area contributed by atoms with Gasteiger partial charge in [-0.3, -0.25) is 9.59 Å². The number of carbonyl (C=O) groups excluding carboxylic acids is 1. The lowest BCUT2D eigenvalue weighted by Gasteiger charge is -2.16. The van der Waals surface area contributed by atoms with Crippen LogP contribution in [0.4, 0.5) is 0 Å². The van der Waals surface area contributed by atoms with Gasteiger partial charge in [0, 0.05) is 29.3 Å². The predicted molar refractivity (Wildman–Crippen MR) is 128 cm³/mol. The van der Waals surface area contributed by atoms with Crippen molar-refractivity contribution in [2.24, 2.45) is 0 Å². The minimum Gasteiger partial charge on any atom is -0.350 e. The van der Waals surface area contributed by atoms with Crippen molar-refractivity contribution in [1.82, 2.24) is 10.3 Å². The Morgan fingerprint density at radius 2 is 1.76 bits per heavy atom. The van der Waals surface area contributed by atoms with Crippen molar-refractivity contribution in [1.29, 1.82) is 0 Å². The number of halogens is 1.